The number of phosphoric ester groups is 2. The Hall–Kier alpha value is -4.12. The third kappa shape index (κ3) is 26.9. The van der Waals surface area contributed by atoms with Gasteiger partial charge in [0.05, 0.1) is 6.61 Å². The van der Waals surface area contributed by atoms with E-state index in [4.69, 9.17) is 28.3 Å². The zero-order valence-electron chi connectivity index (χ0n) is 33.8. The molecule has 0 radical (unpaired) electrons. The fraction of sp³-hybridized carbons (Fsp3) is 0.610. The molecule has 19 heteroatoms. The van der Waals surface area contributed by atoms with E-state index in [1.165, 1.54) is 44.9 Å². The van der Waals surface area contributed by atoms with Gasteiger partial charge in [-0.25, -0.2) is 13.9 Å². The van der Waals surface area contributed by atoms with E-state index in [0.29, 0.717) is 6.42 Å². The van der Waals surface area contributed by atoms with E-state index in [2.05, 4.69) is 94.3 Å². The van der Waals surface area contributed by atoms with Gasteiger partial charge in [0.15, 0.2) is 6.10 Å². The lowest BCUT2D eigenvalue weighted by Gasteiger charge is -2.43. The van der Waals surface area contributed by atoms with Crippen LogP contribution in [-0.2, 0) is 41.8 Å². The van der Waals surface area contributed by atoms with Crippen molar-refractivity contribution >= 4 is 27.6 Å². The van der Waals surface area contributed by atoms with Crippen LogP contribution in [0.4, 0.5) is 0 Å². The highest BCUT2D eigenvalue weighted by molar-refractivity contribution is 7.47. The first-order valence-electron chi connectivity index (χ1n) is 19.0. The number of unbranched alkanes of at least 4 members (excludes halogenated alkanes) is 12. The molecule has 4 unspecified atom stereocenters. The Morgan fingerprint density at radius 1 is 0.600 bits per heavy atom. The summed E-state index contributed by atoms with van der Waals surface area (Å²) in [5, 5.41) is 41.2. The Kier molecular flexibility index (Phi) is 30.4. The van der Waals surface area contributed by atoms with E-state index in [9.17, 15) is 44.0 Å². The van der Waals surface area contributed by atoms with Gasteiger partial charge in [0.1, 0.15) is 43.2 Å². The van der Waals surface area contributed by atoms with E-state index >= 15 is 0 Å². The Morgan fingerprint density at radius 3 is 1.43 bits per heavy atom. The fourth-order valence-electron chi connectivity index (χ4n) is 5.26. The highest BCUT2D eigenvalue weighted by atomic mass is 31.2. The summed E-state index contributed by atoms with van der Waals surface area (Å²) < 4.78 is 48.3. The molecule has 0 heterocycles. The minimum atomic E-state index is -5.34. The van der Waals surface area contributed by atoms with Crippen LogP contribution in [0.5, 0.6) is 0 Å². The third-order valence-corrected chi connectivity index (χ3v) is 9.65. The van der Waals surface area contributed by atoms with Crippen LogP contribution in [0.25, 0.3) is 0 Å². The molecule has 1 aliphatic carbocycles. The predicted molar refractivity (Wildman–Crippen MR) is 245 cm³/mol. The Balaban J connectivity index is -0.000000207. The molecule has 1 saturated carbocycles. The maximum atomic E-state index is 12.8. The Morgan fingerprint density at radius 2 is 1.00 bits per heavy atom. The molecule has 60 heavy (non-hydrogen) atoms. The molecule has 1 aliphatic rings. The first-order valence-corrected chi connectivity index (χ1v) is 22.0. The number of esters is 2. The zero-order chi connectivity index (χ0) is 43.9. The van der Waals surface area contributed by atoms with Crippen molar-refractivity contribution in [3.8, 4) is 82.9 Å². The number of hydrogen-bond acceptors (Lipinski definition) is 14. The highest BCUT2D eigenvalue weighted by Crippen LogP contribution is 2.48. The zero-order valence-corrected chi connectivity index (χ0v) is 35.6. The summed E-state index contributed by atoms with van der Waals surface area (Å²) in [6.45, 7) is 2.18. The van der Waals surface area contributed by atoms with Crippen molar-refractivity contribution in [1.29, 1.82) is 0 Å². The topological polar surface area (TPSA) is 291 Å². The van der Waals surface area contributed by atoms with Crippen LogP contribution in [0.15, 0.2) is 0 Å². The minimum absolute atomic E-state index is 0. The summed E-state index contributed by atoms with van der Waals surface area (Å²) in [6, 6.07) is 0. The molecule has 0 aromatic heterocycles. The lowest BCUT2D eigenvalue weighted by molar-refractivity contribution is -0.216. The molecule has 1 fully saturated rings. The quantitative estimate of drug-likeness (QED) is 0.0188. The van der Waals surface area contributed by atoms with Crippen molar-refractivity contribution in [1.82, 2.24) is 6.15 Å². The van der Waals surface area contributed by atoms with Crippen molar-refractivity contribution < 1.29 is 95.4 Å². The summed E-state index contributed by atoms with van der Waals surface area (Å²) in [7, 11) is -10.7. The fourth-order valence-corrected chi connectivity index (χ4v) is 6.80. The molecule has 0 bridgehead atoms. The van der Waals surface area contributed by atoms with Gasteiger partial charge in [-0.2, -0.15) is 0 Å². The van der Waals surface area contributed by atoms with Crippen LogP contribution in [0.3, 0.4) is 0 Å². The normalized spacial score (nSPS) is 20.3. The van der Waals surface area contributed by atoms with Crippen molar-refractivity contribution in [2.45, 2.75) is 146 Å². The molecule has 0 saturated heterocycles. The first-order chi connectivity index (χ1) is 28.1. The lowest BCUT2D eigenvalue weighted by atomic mass is 9.85. The van der Waals surface area contributed by atoms with Crippen LogP contribution in [0, 0.1) is 82.9 Å². The predicted octanol–water partition coefficient (Wildman–Crippen LogP) is 5.76. The van der Waals surface area contributed by atoms with Crippen molar-refractivity contribution in [3.63, 3.8) is 0 Å². The van der Waals surface area contributed by atoms with Gasteiger partial charge >= 0.3 is 27.6 Å². The number of aliphatic hydroxyl groups excluding tert-OH is 4. The van der Waals surface area contributed by atoms with Crippen molar-refractivity contribution in [3.05, 3.63) is 0 Å². The second-order valence-corrected chi connectivity index (χ2v) is 15.5. The molecule has 10 N–H and O–H groups in total. The van der Waals surface area contributed by atoms with Crippen LogP contribution in [0.2, 0.25) is 0 Å². The number of aliphatic hydroxyl groups is 4. The number of rotatable bonds is 24. The average Bonchev–Trinajstić information content (AvgIpc) is 3.18. The second kappa shape index (κ2) is 32.6. The highest BCUT2D eigenvalue weighted by Gasteiger charge is 2.54. The van der Waals surface area contributed by atoms with Gasteiger partial charge in [-0.15, -0.1) is 0 Å². The summed E-state index contributed by atoms with van der Waals surface area (Å²) in [5.74, 6) is 31.6. The van der Waals surface area contributed by atoms with Gasteiger partial charge in [0.25, 0.3) is 0 Å². The molecule has 0 aromatic rings. The second-order valence-electron chi connectivity index (χ2n) is 12.9. The maximum absolute atomic E-state index is 12.8. The van der Waals surface area contributed by atoms with E-state index in [-0.39, 0.29) is 31.1 Å². The van der Waals surface area contributed by atoms with E-state index < -0.39 is 83.5 Å². The van der Waals surface area contributed by atoms with E-state index in [1.54, 1.807) is 6.92 Å². The SMILES string of the molecule is CC#CC#CC#CC#CC#CC#CC#CC(=O)OC[C@H](COP(=O)(O)OC1C(O)[C@@H](O)C(OP(=O)(O)O)[C@@H](O)[C@H]1O)OC(=O)CCCCCCCCCCCCCCC.N.[HH].[HH].[HH].[HH].[HH].[HH].[HH].[HH].[HH].[HH].[HH].[HH].[HH]. The van der Waals surface area contributed by atoms with Gasteiger partial charge in [-0.3, -0.25) is 18.4 Å². The molecule has 0 aromatic carbocycles. The molecule has 8 atom stereocenters. The number of hydrogen-bond donors (Lipinski definition) is 8. The van der Waals surface area contributed by atoms with E-state index in [1.807, 2.05) is 0 Å². The molecule has 0 amide bonds. The number of carbonyl (C=O) groups is 2. The van der Waals surface area contributed by atoms with Crippen LogP contribution in [-0.4, -0.2) is 103 Å². The number of ether oxygens (including phenoxy) is 2. The minimum Gasteiger partial charge on any atom is -0.456 e. The molecule has 1 rings (SSSR count). The Labute approximate surface area is 371 Å². The van der Waals surface area contributed by atoms with Crippen molar-refractivity contribution in [2.24, 2.45) is 0 Å². The largest absolute Gasteiger partial charge is 0.472 e. The molecule has 17 nitrogen and oxygen atoms in total. The average molecular weight is 906 g/mol. The maximum Gasteiger partial charge on any atom is 0.472 e. The molecular formula is C41H81NO16P2. The summed E-state index contributed by atoms with van der Waals surface area (Å²) in [4.78, 5) is 53.3. The summed E-state index contributed by atoms with van der Waals surface area (Å²) in [6.07, 6.45) is -1.07. The monoisotopic (exact) mass is 906 g/mol. The van der Waals surface area contributed by atoms with E-state index in [0.717, 1.165) is 32.1 Å². The summed E-state index contributed by atoms with van der Waals surface area (Å²) in [5.41, 5.74) is 0. The summed E-state index contributed by atoms with van der Waals surface area (Å²) >= 11 is 0. The smallest absolute Gasteiger partial charge is 0.456 e. The number of carbonyl (C=O) groups excluding carboxylic acids is 2. The Bertz CT molecular complexity index is 1920. The first kappa shape index (κ1) is 55.9. The van der Waals surface area contributed by atoms with Gasteiger partial charge in [-0.1, -0.05) is 89.9 Å². The van der Waals surface area contributed by atoms with Crippen LogP contribution >= 0.6 is 15.6 Å². The molecule has 0 spiro atoms. The van der Waals surface area contributed by atoms with Gasteiger partial charge < -0.3 is 50.7 Å². The standard InChI is InChI=1S/C41H52O16P2.H3N.13H2/c1-3-5-7-9-11-13-15-17-19-21-23-25-27-29-34(42)53-31-33(55-35(43)30-28-26-24-22-20-18-16-14-12-10-8-6-4-2)32-54-59(51,52)57-41-38(46)36(44)40(37(45)39(41)47)56-58(48,49)50;;;;;;;;;;;;;;/h33,36-41,44-47H,4,6,8,10,12,14,16,18,20,22,24,26,28,30-32H2,1-2H3,(H,51,52)(H2,48,49,50);1H3;13*1H/t33-,36-,37+,38?,39-,40?,41?;;;;;;;;;;;;;;/m1............../s1. The van der Waals surface area contributed by atoms with Crippen molar-refractivity contribution in [2.75, 3.05) is 13.2 Å². The van der Waals surface area contributed by atoms with Crippen LogP contribution in [0.1, 0.15) is 122 Å². The third-order valence-electron chi connectivity index (χ3n) is 8.14. The van der Waals surface area contributed by atoms with Gasteiger partial charge in [-0.05, 0) is 84.4 Å². The molecule has 0 aliphatic heterocycles. The molecule has 356 valence electrons. The molecular weight excluding hydrogens is 824 g/mol. The lowest BCUT2D eigenvalue weighted by Crippen LogP contribution is -2.64. The van der Waals surface area contributed by atoms with Crippen LogP contribution < -0.4 is 6.15 Å². The van der Waals surface area contributed by atoms with Gasteiger partial charge in [0, 0.05) is 30.9 Å². The van der Waals surface area contributed by atoms with Gasteiger partial charge in [0.2, 0.25) is 0 Å². The number of phosphoric acid groups is 2.